The Labute approximate surface area is 94.4 Å². The van der Waals surface area contributed by atoms with E-state index in [1.165, 1.54) is 0 Å². The monoisotopic (exact) mass is 229 g/mol. The van der Waals surface area contributed by atoms with E-state index in [2.05, 4.69) is 20.6 Å². The third-order valence-electron chi connectivity index (χ3n) is 2.57. The van der Waals surface area contributed by atoms with Crippen molar-refractivity contribution in [2.45, 2.75) is 39.2 Å². The fourth-order valence-corrected chi connectivity index (χ4v) is 1.66. The molecule has 1 rings (SSSR count). The minimum absolute atomic E-state index is 0.201. The molecule has 0 aromatic carbocycles. The molecule has 0 unspecified atom stereocenters. The van der Waals surface area contributed by atoms with Crippen molar-refractivity contribution >= 4 is 11.7 Å². The van der Waals surface area contributed by atoms with Gasteiger partial charge in [-0.2, -0.15) is 0 Å². The first-order valence-electron chi connectivity index (χ1n) is 5.21. The van der Waals surface area contributed by atoms with E-state index in [1.54, 1.807) is 0 Å². The summed E-state index contributed by atoms with van der Waals surface area (Å²) in [5.74, 6) is 5.65. The van der Waals surface area contributed by atoms with Crippen LogP contribution < -0.4 is 16.9 Å². The van der Waals surface area contributed by atoms with Gasteiger partial charge >= 0.3 is 0 Å². The second-order valence-electron chi connectivity index (χ2n) is 4.39. The molecule has 0 bridgehead atoms. The van der Waals surface area contributed by atoms with Gasteiger partial charge in [-0.1, -0.05) is 5.16 Å². The molecule has 6 N–H and O–H groups in total. The number of rotatable bonds is 5. The summed E-state index contributed by atoms with van der Waals surface area (Å²) in [7, 11) is 0. The molecule has 1 aliphatic rings. The van der Waals surface area contributed by atoms with Gasteiger partial charge in [-0.3, -0.25) is 0 Å². The van der Waals surface area contributed by atoms with Crippen molar-refractivity contribution in [3.05, 3.63) is 0 Å². The quantitative estimate of drug-likeness (QED) is 0.231. The van der Waals surface area contributed by atoms with Crippen LogP contribution in [0.25, 0.3) is 0 Å². The molecule has 0 amide bonds. The molecule has 7 nitrogen and oxygen atoms in total. The van der Waals surface area contributed by atoms with Gasteiger partial charge in [-0.05, 0) is 31.8 Å². The van der Waals surface area contributed by atoms with Crippen molar-refractivity contribution in [3.63, 3.8) is 0 Å². The van der Waals surface area contributed by atoms with Crippen LogP contribution in [0.3, 0.4) is 0 Å². The summed E-state index contributed by atoms with van der Waals surface area (Å²) in [6, 6.07) is 0.201. The van der Waals surface area contributed by atoms with Crippen LogP contribution in [-0.4, -0.2) is 22.9 Å². The van der Waals surface area contributed by atoms with Gasteiger partial charge in [0.1, 0.15) is 11.7 Å². The molecule has 0 radical (unpaired) electrons. The lowest BCUT2D eigenvalue weighted by molar-refractivity contribution is 0.147. The second kappa shape index (κ2) is 5.02. The van der Waals surface area contributed by atoms with E-state index in [0.29, 0.717) is 18.1 Å². The molecule has 0 saturated heterocycles. The smallest absolute Gasteiger partial charge is 0.148 e. The van der Waals surface area contributed by atoms with Crippen LogP contribution in [0.5, 0.6) is 0 Å². The summed E-state index contributed by atoms with van der Waals surface area (Å²) in [5.41, 5.74) is 5.38. The van der Waals surface area contributed by atoms with Crippen molar-refractivity contribution in [3.8, 4) is 0 Å². The highest BCUT2D eigenvalue weighted by molar-refractivity contribution is 5.95. The van der Waals surface area contributed by atoms with E-state index in [1.807, 2.05) is 13.8 Å². The van der Waals surface area contributed by atoms with E-state index in [0.717, 1.165) is 12.8 Å². The van der Waals surface area contributed by atoms with Crippen LogP contribution in [0.1, 0.15) is 33.1 Å². The Morgan fingerprint density at radius 2 is 2.19 bits per heavy atom. The second-order valence-corrected chi connectivity index (χ2v) is 4.39. The largest absolute Gasteiger partial charge is 0.409 e. The normalized spacial score (nSPS) is 19.8. The summed E-state index contributed by atoms with van der Waals surface area (Å²) in [5, 5.41) is 18.8. The maximum Gasteiger partial charge on any atom is 0.148 e. The summed E-state index contributed by atoms with van der Waals surface area (Å²) in [6.45, 7) is 3.95. The highest BCUT2D eigenvalue weighted by atomic mass is 16.7. The van der Waals surface area contributed by atoms with E-state index in [9.17, 15) is 0 Å². The first kappa shape index (κ1) is 12.6. The minimum atomic E-state index is -0.231. The van der Waals surface area contributed by atoms with Crippen LogP contribution >= 0.6 is 0 Å². The summed E-state index contributed by atoms with van der Waals surface area (Å²) in [6.07, 6.45) is 2.29. The molecule has 1 fully saturated rings. The Morgan fingerprint density at radius 1 is 1.56 bits per heavy atom. The van der Waals surface area contributed by atoms with Gasteiger partial charge in [0.25, 0.3) is 0 Å². The highest BCUT2D eigenvalue weighted by Crippen LogP contribution is 2.49. The first-order valence-corrected chi connectivity index (χ1v) is 5.21. The standard InChI is InChI=1S/C9H19N5O2/c1-6(2)12-8(13-15)9(3-4-9)5-7(10)14-16-11/h6,15H,3-5,11H2,1-2H3,(H2,10,14)(H,12,13). The first-order chi connectivity index (χ1) is 7.54. The Morgan fingerprint density at radius 3 is 2.56 bits per heavy atom. The third-order valence-corrected chi connectivity index (χ3v) is 2.57. The lowest BCUT2D eigenvalue weighted by Gasteiger charge is -2.19. The van der Waals surface area contributed by atoms with Gasteiger partial charge in [0, 0.05) is 17.9 Å². The van der Waals surface area contributed by atoms with Crippen LogP contribution in [0, 0.1) is 5.41 Å². The summed E-state index contributed by atoms with van der Waals surface area (Å²) < 4.78 is 0. The number of nitrogens with two attached hydrogens (primary N) is 2. The Balaban J connectivity index is 2.66. The number of nitrogens with one attached hydrogen (secondary N) is 1. The molecular formula is C9H19N5O2. The zero-order valence-corrected chi connectivity index (χ0v) is 9.60. The van der Waals surface area contributed by atoms with Crippen LogP contribution in [0.2, 0.25) is 0 Å². The van der Waals surface area contributed by atoms with E-state index >= 15 is 0 Å². The van der Waals surface area contributed by atoms with Crippen molar-refractivity contribution in [2.75, 3.05) is 0 Å². The number of amidine groups is 2. The van der Waals surface area contributed by atoms with Crippen molar-refractivity contribution < 1.29 is 10.1 Å². The molecule has 16 heavy (non-hydrogen) atoms. The van der Waals surface area contributed by atoms with Crippen molar-refractivity contribution in [1.29, 1.82) is 0 Å². The van der Waals surface area contributed by atoms with Crippen molar-refractivity contribution in [1.82, 2.24) is 5.32 Å². The zero-order chi connectivity index (χ0) is 12.2. The molecule has 0 aliphatic heterocycles. The highest BCUT2D eigenvalue weighted by Gasteiger charge is 2.49. The number of oxime groups is 2. The van der Waals surface area contributed by atoms with Crippen molar-refractivity contribution in [2.24, 2.45) is 27.4 Å². The maximum absolute atomic E-state index is 8.98. The Kier molecular flexibility index (Phi) is 3.94. The molecule has 0 aromatic heterocycles. The van der Waals surface area contributed by atoms with Crippen LogP contribution in [-0.2, 0) is 4.94 Å². The minimum Gasteiger partial charge on any atom is -0.409 e. The van der Waals surface area contributed by atoms with E-state index < -0.39 is 0 Å². The SMILES string of the molecule is CC(C)N/C(=N\O)C1(C/C(N)=N\ON)CC1. The molecule has 1 aliphatic carbocycles. The average Bonchev–Trinajstić information content (AvgIpc) is 2.95. The zero-order valence-electron chi connectivity index (χ0n) is 9.60. The third kappa shape index (κ3) is 2.99. The maximum atomic E-state index is 8.98. The lowest BCUT2D eigenvalue weighted by atomic mass is 10.00. The molecule has 0 heterocycles. The fourth-order valence-electron chi connectivity index (χ4n) is 1.66. The summed E-state index contributed by atoms with van der Waals surface area (Å²) >= 11 is 0. The lowest BCUT2D eigenvalue weighted by Crippen LogP contribution is -2.39. The van der Waals surface area contributed by atoms with Crippen LogP contribution in [0.4, 0.5) is 0 Å². The number of nitrogens with zero attached hydrogens (tertiary/aromatic N) is 2. The molecule has 0 atom stereocenters. The van der Waals surface area contributed by atoms with Gasteiger partial charge in [0.2, 0.25) is 0 Å². The summed E-state index contributed by atoms with van der Waals surface area (Å²) in [4.78, 5) is 4.11. The molecule has 92 valence electrons. The van der Waals surface area contributed by atoms with Gasteiger partial charge in [-0.25, -0.2) is 0 Å². The molecule has 0 spiro atoms. The average molecular weight is 229 g/mol. The predicted molar refractivity (Wildman–Crippen MR) is 60.7 cm³/mol. The fraction of sp³-hybridized carbons (Fsp3) is 0.778. The molecular weight excluding hydrogens is 210 g/mol. The van der Waals surface area contributed by atoms with Gasteiger partial charge in [0.15, 0.2) is 0 Å². The molecule has 1 saturated carbocycles. The predicted octanol–water partition coefficient (Wildman–Crippen LogP) is 0.105. The van der Waals surface area contributed by atoms with E-state index in [4.69, 9.17) is 16.8 Å². The van der Waals surface area contributed by atoms with E-state index in [-0.39, 0.29) is 11.5 Å². The van der Waals surface area contributed by atoms with Gasteiger partial charge in [-0.15, -0.1) is 5.90 Å². The van der Waals surface area contributed by atoms with Crippen LogP contribution in [0.15, 0.2) is 10.3 Å². The topological polar surface area (TPSA) is 118 Å². The van der Waals surface area contributed by atoms with Gasteiger partial charge in [0.05, 0.1) is 0 Å². The number of hydrogen-bond donors (Lipinski definition) is 4. The van der Waals surface area contributed by atoms with Gasteiger partial charge < -0.3 is 21.2 Å². The Hall–Kier alpha value is -1.50. The molecule has 7 heteroatoms. The Bertz CT molecular complexity index is 296. The molecule has 0 aromatic rings. The number of hydrogen-bond acceptors (Lipinski definition) is 5.